The predicted octanol–water partition coefficient (Wildman–Crippen LogP) is 2.03. The van der Waals surface area contributed by atoms with Gasteiger partial charge in [-0.05, 0) is 18.9 Å². The number of nitrogens with zero attached hydrogens (tertiary/aromatic N) is 1. The SMILES string of the molecule is O=C(NCC1(C(=O)O)CCCC1)c1ccc([N+](=O)[O-])s1. The number of hydrogen-bond donors (Lipinski definition) is 2. The Morgan fingerprint density at radius 2 is 2.05 bits per heavy atom. The molecule has 108 valence electrons. The largest absolute Gasteiger partial charge is 0.481 e. The fourth-order valence-electron chi connectivity index (χ4n) is 2.40. The van der Waals surface area contributed by atoms with Gasteiger partial charge in [0.2, 0.25) is 0 Å². The standard InChI is InChI=1S/C12H14N2O5S/c15-10(8-3-4-9(20-8)14(18)19)13-7-12(11(16)17)5-1-2-6-12/h3-4H,1-2,5-7H2,(H,13,15)(H,16,17). The van der Waals surface area contributed by atoms with Gasteiger partial charge < -0.3 is 10.4 Å². The molecule has 0 saturated heterocycles. The molecule has 0 aliphatic heterocycles. The molecular weight excluding hydrogens is 284 g/mol. The number of carbonyl (C=O) groups is 2. The van der Waals surface area contributed by atoms with E-state index in [1.165, 1.54) is 12.1 Å². The monoisotopic (exact) mass is 298 g/mol. The summed E-state index contributed by atoms with van der Waals surface area (Å²) in [7, 11) is 0. The van der Waals surface area contributed by atoms with Crippen LogP contribution in [0.15, 0.2) is 12.1 Å². The van der Waals surface area contributed by atoms with E-state index in [0.717, 1.165) is 24.2 Å². The number of carboxylic acid groups (broad SMARTS) is 1. The Morgan fingerprint density at radius 3 is 2.55 bits per heavy atom. The molecule has 1 aromatic rings. The van der Waals surface area contributed by atoms with Crippen molar-refractivity contribution in [1.29, 1.82) is 0 Å². The van der Waals surface area contributed by atoms with Gasteiger partial charge in [-0.25, -0.2) is 0 Å². The smallest absolute Gasteiger partial charge is 0.324 e. The molecule has 2 N–H and O–H groups in total. The Hall–Kier alpha value is -1.96. The van der Waals surface area contributed by atoms with Gasteiger partial charge >= 0.3 is 11.0 Å². The number of nitro groups is 1. The number of thiophene rings is 1. The minimum Gasteiger partial charge on any atom is -0.481 e. The van der Waals surface area contributed by atoms with Gasteiger partial charge in [-0.3, -0.25) is 19.7 Å². The van der Waals surface area contributed by atoms with Gasteiger partial charge in [0.25, 0.3) is 5.91 Å². The van der Waals surface area contributed by atoms with Crippen molar-refractivity contribution in [2.75, 3.05) is 6.54 Å². The molecule has 2 rings (SSSR count). The van der Waals surface area contributed by atoms with Crippen LogP contribution in [0.5, 0.6) is 0 Å². The molecule has 1 aliphatic carbocycles. The zero-order chi connectivity index (χ0) is 14.8. The molecule has 0 radical (unpaired) electrons. The Balaban J connectivity index is 2.00. The number of carbonyl (C=O) groups excluding carboxylic acids is 1. The summed E-state index contributed by atoms with van der Waals surface area (Å²) in [5.74, 6) is -1.36. The van der Waals surface area contributed by atoms with Gasteiger partial charge in [-0.1, -0.05) is 24.2 Å². The van der Waals surface area contributed by atoms with Crippen molar-refractivity contribution in [2.24, 2.45) is 5.41 Å². The van der Waals surface area contributed by atoms with Crippen molar-refractivity contribution in [2.45, 2.75) is 25.7 Å². The minimum absolute atomic E-state index is 0.0624. The maximum absolute atomic E-state index is 11.9. The summed E-state index contributed by atoms with van der Waals surface area (Å²) in [6.07, 6.45) is 2.78. The topological polar surface area (TPSA) is 110 Å². The van der Waals surface area contributed by atoms with Crippen LogP contribution in [0.4, 0.5) is 5.00 Å². The van der Waals surface area contributed by atoms with Gasteiger partial charge in [-0.15, -0.1) is 0 Å². The van der Waals surface area contributed by atoms with Crippen molar-refractivity contribution in [3.8, 4) is 0 Å². The molecule has 1 aliphatic rings. The van der Waals surface area contributed by atoms with Crippen LogP contribution in [0, 0.1) is 15.5 Å². The van der Waals surface area contributed by atoms with Crippen molar-refractivity contribution in [3.05, 3.63) is 27.1 Å². The molecule has 0 spiro atoms. The number of nitrogens with one attached hydrogen (secondary N) is 1. The van der Waals surface area contributed by atoms with Crippen molar-refractivity contribution < 1.29 is 19.6 Å². The zero-order valence-corrected chi connectivity index (χ0v) is 11.4. The lowest BCUT2D eigenvalue weighted by Crippen LogP contribution is -2.41. The first-order valence-electron chi connectivity index (χ1n) is 6.20. The zero-order valence-electron chi connectivity index (χ0n) is 10.6. The summed E-state index contributed by atoms with van der Waals surface area (Å²) in [6, 6.07) is 2.64. The molecule has 0 aromatic carbocycles. The van der Waals surface area contributed by atoms with Crippen LogP contribution in [0.3, 0.4) is 0 Å². The predicted molar refractivity (Wildman–Crippen MR) is 71.8 cm³/mol. The second-order valence-electron chi connectivity index (χ2n) is 4.87. The number of hydrogen-bond acceptors (Lipinski definition) is 5. The van der Waals surface area contributed by atoms with Gasteiger partial charge in [0, 0.05) is 12.6 Å². The highest BCUT2D eigenvalue weighted by atomic mass is 32.1. The van der Waals surface area contributed by atoms with Crippen molar-refractivity contribution in [1.82, 2.24) is 5.32 Å². The van der Waals surface area contributed by atoms with Crippen LogP contribution in [0.25, 0.3) is 0 Å². The Bertz CT molecular complexity index is 548. The molecule has 1 amide bonds. The van der Waals surface area contributed by atoms with Crippen molar-refractivity contribution in [3.63, 3.8) is 0 Å². The molecule has 8 heteroatoms. The van der Waals surface area contributed by atoms with E-state index in [1.54, 1.807) is 0 Å². The summed E-state index contributed by atoms with van der Waals surface area (Å²) < 4.78 is 0. The van der Waals surface area contributed by atoms with E-state index in [9.17, 15) is 24.8 Å². The first kappa shape index (κ1) is 14.4. The summed E-state index contributed by atoms with van der Waals surface area (Å²) in [5.41, 5.74) is -0.890. The summed E-state index contributed by atoms with van der Waals surface area (Å²) in [5, 5.41) is 22.3. The fraction of sp³-hybridized carbons (Fsp3) is 0.500. The summed E-state index contributed by atoms with van der Waals surface area (Å²) >= 11 is 0.780. The minimum atomic E-state index is -0.896. The van der Waals surface area contributed by atoms with Crippen LogP contribution in [-0.2, 0) is 4.79 Å². The van der Waals surface area contributed by atoms with Crippen LogP contribution in [0.2, 0.25) is 0 Å². The van der Waals surface area contributed by atoms with E-state index >= 15 is 0 Å². The first-order chi connectivity index (χ1) is 9.44. The highest BCUT2D eigenvalue weighted by Gasteiger charge is 2.41. The lowest BCUT2D eigenvalue weighted by molar-refractivity contribution is -0.380. The third-order valence-electron chi connectivity index (χ3n) is 3.60. The van der Waals surface area contributed by atoms with Gasteiger partial charge in [0.05, 0.1) is 15.2 Å². The van der Waals surface area contributed by atoms with Crippen LogP contribution < -0.4 is 5.32 Å². The first-order valence-corrected chi connectivity index (χ1v) is 7.02. The maximum Gasteiger partial charge on any atom is 0.324 e. The Kier molecular flexibility index (Phi) is 4.03. The van der Waals surface area contributed by atoms with Gasteiger partial charge in [-0.2, -0.15) is 0 Å². The third-order valence-corrected chi connectivity index (χ3v) is 4.63. The van der Waals surface area contributed by atoms with E-state index in [2.05, 4.69) is 5.32 Å². The number of amides is 1. The lowest BCUT2D eigenvalue weighted by Gasteiger charge is -2.23. The molecule has 1 saturated carbocycles. The van der Waals surface area contributed by atoms with E-state index in [1.807, 2.05) is 0 Å². The number of rotatable bonds is 5. The molecule has 7 nitrogen and oxygen atoms in total. The highest BCUT2D eigenvalue weighted by molar-refractivity contribution is 7.17. The van der Waals surface area contributed by atoms with E-state index in [-0.39, 0.29) is 16.4 Å². The number of aliphatic carboxylic acids is 1. The summed E-state index contributed by atoms with van der Waals surface area (Å²) in [4.78, 5) is 33.4. The Labute approximate surface area is 118 Å². The maximum atomic E-state index is 11.9. The van der Waals surface area contributed by atoms with E-state index in [4.69, 9.17) is 0 Å². The highest BCUT2D eigenvalue weighted by Crippen LogP contribution is 2.37. The molecular formula is C12H14N2O5S. The molecule has 0 unspecified atom stereocenters. The van der Waals surface area contributed by atoms with Crippen LogP contribution >= 0.6 is 11.3 Å². The molecule has 1 fully saturated rings. The van der Waals surface area contributed by atoms with Crippen LogP contribution in [0.1, 0.15) is 35.4 Å². The third kappa shape index (κ3) is 2.79. The Morgan fingerprint density at radius 1 is 1.40 bits per heavy atom. The molecule has 1 aromatic heterocycles. The molecule has 0 atom stereocenters. The molecule has 20 heavy (non-hydrogen) atoms. The second kappa shape index (κ2) is 5.58. The normalized spacial score (nSPS) is 16.8. The van der Waals surface area contributed by atoms with E-state index < -0.39 is 22.2 Å². The van der Waals surface area contributed by atoms with E-state index in [0.29, 0.717) is 12.8 Å². The fourth-order valence-corrected chi connectivity index (χ4v) is 3.14. The number of carboxylic acids is 1. The average Bonchev–Trinajstić information content (AvgIpc) is 3.06. The van der Waals surface area contributed by atoms with Gasteiger partial charge in [0.1, 0.15) is 0 Å². The second-order valence-corrected chi connectivity index (χ2v) is 5.93. The molecule has 0 bridgehead atoms. The quantitative estimate of drug-likeness (QED) is 0.638. The van der Waals surface area contributed by atoms with Crippen molar-refractivity contribution >= 4 is 28.2 Å². The molecule has 1 heterocycles. The summed E-state index contributed by atoms with van der Waals surface area (Å²) in [6.45, 7) is 0.0624. The average molecular weight is 298 g/mol. The lowest BCUT2D eigenvalue weighted by atomic mass is 9.86. The van der Waals surface area contributed by atoms with Gasteiger partial charge in [0.15, 0.2) is 0 Å². The van der Waals surface area contributed by atoms with Crippen LogP contribution in [-0.4, -0.2) is 28.5 Å².